The molecule has 2 aromatic rings. The fourth-order valence-electron chi connectivity index (χ4n) is 3.22. The second kappa shape index (κ2) is 9.91. The molecule has 1 aliphatic rings. The number of hydrogen-bond donors (Lipinski definition) is 0. The van der Waals surface area contributed by atoms with Crippen molar-refractivity contribution < 1.29 is 28.5 Å². The van der Waals surface area contributed by atoms with Gasteiger partial charge < -0.3 is 28.6 Å². The summed E-state index contributed by atoms with van der Waals surface area (Å²) in [5, 5.41) is 0. The number of rotatable bonds is 8. The maximum absolute atomic E-state index is 12.8. The first-order valence-electron chi connectivity index (χ1n) is 9.75. The second-order valence-electron chi connectivity index (χ2n) is 6.62. The minimum absolute atomic E-state index is 0.0962. The van der Waals surface area contributed by atoms with Gasteiger partial charge in [-0.15, -0.1) is 0 Å². The van der Waals surface area contributed by atoms with Crippen molar-refractivity contribution in [1.82, 2.24) is 4.90 Å². The number of benzene rings is 2. The molecule has 0 aliphatic carbocycles. The van der Waals surface area contributed by atoms with Crippen molar-refractivity contribution in [2.24, 2.45) is 0 Å². The number of methoxy groups -OCH3 is 3. The van der Waals surface area contributed by atoms with Gasteiger partial charge in [0.25, 0.3) is 0 Å². The maximum atomic E-state index is 12.8. The summed E-state index contributed by atoms with van der Waals surface area (Å²) in [6, 6.07) is 9.35. The van der Waals surface area contributed by atoms with E-state index in [0.717, 1.165) is 22.6 Å². The minimum atomic E-state index is -0.0962. The van der Waals surface area contributed by atoms with Crippen molar-refractivity contribution in [3.05, 3.63) is 47.5 Å². The summed E-state index contributed by atoms with van der Waals surface area (Å²) in [7, 11) is 4.67. The summed E-state index contributed by atoms with van der Waals surface area (Å²) < 4.78 is 27.2. The molecule has 1 amide bonds. The zero-order chi connectivity index (χ0) is 21.5. The molecule has 1 aliphatic heterocycles. The van der Waals surface area contributed by atoms with E-state index < -0.39 is 0 Å². The van der Waals surface area contributed by atoms with E-state index in [0.29, 0.717) is 43.6 Å². The summed E-state index contributed by atoms with van der Waals surface area (Å²) in [5.74, 6) is 2.94. The lowest BCUT2D eigenvalue weighted by Crippen LogP contribution is -2.28. The first kappa shape index (κ1) is 21.4. The third-order valence-corrected chi connectivity index (χ3v) is 4.78. The minimum Gasteiger partial charge on any atom is -0.493 e. The van der Waals surface area contributed by atoms with Crippen LogP contribution in [0.4, 0.5) is 0 Å². The van der Waals surface area contributed by atoms with Gasteiger partial charge in [-0.2, -0.15) is 0 Å². The molecule has 0 fully saturated rings. The van der Waals surface area contributed by atoms with Gasteiger partial charge in [0, 0.05) is 19.2 Å². The van der Waals surface area contributed by atoms with Crippen LogP contribution >= 0.6 is 0 Å². The highest BCUT2D eigenvalue weighted by atomic mass is 16.6. The third-order valence-electron chi connectivity index (χ3n) is 4.78. The first-order valence-corrected chi connectivity index (χ1v) is 9.75. The van der Waals surface area contributed by atoms with E-state index in [-0.39, 0.29) is 5.91 Å². The molecule has 0 N–H and O–H groups in total. The monoisotopic (exact) mass is 413 g/mol. The van der Waals surface area contributed by atoms with Crippen LogP contribution in [0, 0.1) is 0 Å². The fraction of sp³-hybridized carbons (Fsp3) is 0.348. The molecule has 0 unspecified atom stereocenters. The molecule has 0 spiro atoms. The van der Waals surface area contributed by atoms with Crippen LogP contribution in [-0.2, 0) is 11.3 Å². The Kier molecular flexibility index (Phi) is 7.06. The Bertz CT molecular complexity index is 899. The summed E-state index contributed by atoms with van der Waals surface area (Å²) in [6.45, 7) is 4.09. The van der Waals surface area contributed by atoms with Crippen molar-refractivity contribution in [2.75, 3.05) is 41.1 Å². The van der Waals surface area contributed by atoms with E-state index >= 15 is 0 Å². The topological polar surface area (TPSA) is 66.5 Å². The number of nitrogens with zero attached hydrogens (tertiary/aromatic N) is 1. The van der Waals surface area contributed by atoms with Crippen LogP contribution in [0.3, 0.4) is 0 Å². The Hall–Kier alpha value is -3.35. The first-order chi connectivity index (χ1) is 14.6. The van der Waals surface area contributed by atoms with Crippen molar-refractivity contribution in [3.63, 3.8) is 0 Å². The molecule has 0 atom stereocenters. The van der Waals surface area contributed by atoms with Gasteiger partial charge in [-0.25, -0.2) is 0 Å². The van der Waals surface area contributed by atoms with Gasteiger partial charge in [0.15, 0.2) is 23.0 Å². The van der Waals surface area contributed by atoms with E-state index in [1.54, 1.807) is 50.5 Å². The summed E-state index contributed by atoms with van der Waals surface area (Å²) in [4.78, 5) is 14.5. The molecule has 2 aromatic carbocycles. The molecule has 3 rings (SSSR count). The standard InChI is InChI=1S/C23H27NO6/c1-5-24(15-17-6-8-18-19(14-17)30-11-10-29-18)22(25)9-7-16-12-20(26-2)23(28-4)21(13-16)27-3/h6-9,12-14H,5,10-11,15H2,1-4H3/b9-7+. The predicted octanol–water partition coefficient (Wildman–Crippen LogP) is 3.55. The molecule has 30 heavy (non-hydrogen) atoms. The predicted molar refractivity (Wildman–Crippen MR) is 114 cm³/mol. The van der Waals surface area contributed by atoms with Gasteiger partial charge in [0.05, 0.1) is 21.3 Å². The van der Waals surface area contributed by atoms with Gasteiger partial charge in [-0.1, -0.05) is 6.07 Å². The van der Waals surface area contributed by atoms with Gasteiger partial charge in [0.1, 0.15) is 13.2 Å². The van der Waals surface area contributed by atoms with Crippen molar-refractivity contribution >= 4 is 12.0 Å². The van der Waals surface area contributed by atoms with E-state index in [1.807, 2.05) is 25.1 Å². The second-order valence-corrected chi connectivity index (χ2v) is 6.62. The molecule has 0 bridgehead atoms. The zero-order valence-corrected chi connectivity index (χ0v) is 17.8. The molecule has 1 heterocycles. The van der Waals surface area contributed by atoms with Gasteiger partial charge in [0.2, 0.25) is 11.7 Å². The van der Waals surface area contributed by atoms with Crippen molar-refractivity contribution in [1.29, 1.82) is 0 Å². The van der Waals surface area contributed by atoms with E-state index in [1.165, 1.54) is 0 Å². The van der Waals surface area contributed by atoms with Crippen LogP contribution in [0.25, 0.3) is 6.08 Å². The van der Waals surface area contributed by atoms with Crippen molar-refractivity contribution in [3.8, 4) is 28.7 Å². The van der Waals surface area contributed by atoms with Gasteiger partial charge in [-0.3, -0.25) is 4.79 Å². The number of amides is 1. The van der Waals surface area contributed by atoms with E-state index in [9.17, 15) is 4.79 Å². The average Bonchev–Trinajstić information content (AvgIpc) is 2.79. The van der Waals surface area contributed by atoms with Crippen LogP contribution in [0.1, 0.15) is 18.1 Å². The third kappa shape index (κ3) is 4.79. The Morgan fingerprint density at radius 1 is 1.00 bits per heavy atom. The van der Waals surface area contributed by atoms with Crippen LogP contribution in [-0.4, -0.2) is 51.9 Å². The Labute approximate surface area is 176 Å². The SMILES string of the molecule is CCN(Cc1ccc2c(c1)OCCO2)C(=O)/C=C/c1cc(OC)c(OC)c(OC)c1. The lowest BCUT2D eigenvalue weighted by atomic mass is 10.1. The number of carbonyl (C=O) groups is 1. The van der Waals surface area contributed by atoms with Crippen LogP contribution in [0.2, 0.25) is 0 Å². The van der Waals surface area contributed by atoms with Crippen LogP contribution in [0.5, 0.6) is 28.7 Å². The highest BCUT2D eigenvalue weighted by Crippen LogP contribution is 2.38. The molecule has 7 heteroatoms. The number of hydrogen-bond acceptors (Lipinski definition) is 6. The number of fused-ring (bicyclic) bond motifs is 1. The highest BCUT2D eigenvalue weighted by molar-refractivity contribution is 5.92. The molecule has 0 saturated carbocycles. The number of likely N-dealkylation sites (N-methyl/N-ethyl adjacent to an activating group) is 1. The maximum Gasteiger partial charge on any atom is 0.246 e. The summed E-state index contributed by atoms with van der Waals surface area (Å²) in [6.07, 6.45) is 3.28. The fourth-order valence-corrected chi connectivity index (χ4v) is 3.22. The van der Waals surface area contributed by atoms with Gasteiger partial charge in [-0.05, 0) is 48.4 Å². The molecular formula is C23H27NO6. The van der Waals surface area contributed by atoms with Gasteiger partial charge >= 0.3 is 0 Å². The normalized spacial score (nSPS) is 12.5. The lowest BCUT2D eigenvalue weighted by Gasteiger charge is -2.22. The molecule has 160 valence electrons. The quantitative estimate of drug-likeness (QED) is 0.617. The zero-order valence-electron chi connectivity index (χ0n) is 17.8. The largest absolute Gasteiger partial charge is 0.493 e. The summed E-state index contributed by atoms with van der Waals surface area (Å²) >= 11 is 0. The Balaban J connectivity index is 1.74. The Morgan fingerprint density at radius 2 is 1.67 bits per heavy atom. The average molecular weight is 413 g/mol. The molecule has 0 radical (unpaired) electrons. The number of carbonyl (C=O) groups excluding carboxylic acids is 1. The molecule has 0 aromatic heterocycles. The smallest absolute Gasteiger partial charge is 0.246 e. The Morgan fingerprint density at radius 3 is 2.27 bits per heavy atom. The van der Waals surface area contributed by atoms with Crippen LogP contribution < -0.4 is 23.7 Å². The lowest BCUT2D eigenvalue weighted by molar-refractivity contribution is -0.126. The van der Waals surface area contributed by atoms with Crippen molar-refractivity contribution in [2.45, 2.75) is 13.5 Å². The highest BCUT2D eigenvalue weighted by Gasteiger charge is 2.15. The molecule has 0 saturated heterocycles. The molecular weight excluding hydrogens is 386 g/mol. The molecule has 7 nitrogen and oxygen atoms in total. The van der Waals surface area contributed by atoms with E-state index in [4.69, 9.17) is 23.7 Å². The van der Waals surface area contributed by atoms with E-state index in [2.05, 4.69) is 0 Å². The van der Waals surface area contributed by atoms with Crippen LogP contribution in [0.15, 0.2) is 36.4 Å². The summed E-state index contributed by atoms with van der Waals surface area (Å²) in [5.41, 5.74) is 1.75. The number of ether oxygens (including phenoxy) is 5.